The molecule has 2 unspecified atom stereocenters. The zero-order chi connectivity index (χ0) is 10.9. The highest BCUT2D eigenvalue weighted by atomic mass is 79.9. The van der Waals surface area contributed by atoms with Crippen LogP contribution in [-0.4, -0.2) is 18.2 Å². The molecule has 15 heavy (non-hydrogen) atoms. The van der Waals surface area contributed by atoms with Crippen LogP contribution < -0.4 is 5.32 Å². The van der Waals surface area contributed by atoms with Crippen LogP contribution >= 0.6 is 15.9 Å². The molecule has 2 N–H and O–H groups in total. The van der Waals surface area contributed by atoms with E-state index in [2.05, 4.69) is 21.2 Å². The fourth-order valence-electron chi connectivity index (χ4n) is 2.17. The molecular weight excluding hydrogens is 258 g/mol. The maximum absolute atomic E-state index is 10.5. The summed E-state index contributed by atoms with van der Waals surface area (Å²) in [5.74, 6) is 0.852. The molecule has 2 heterocycles. The molecule has 84 valence electrons. The molecule has 0 radical (unpaired) electrons. The number of piperidine rings is 1. The van der Waals surface area contributed by atoms with Gasteiger partial charge in [-0.15, -0.1) is 0 Å². The molecule has 0 aromatic carbocycles. The third-order valence-corrected chi connectivity index (χ3v) is 3.79. The summed E-state index contributed by atoms with van der Waals surface area (Å²) in [5.41, 5.74) is -0.893. The predicted octanol–water partition coefficient (Wildman–Crippen LogP) is 2.25. The molecule has 0 spiro atoms. The largest absolute Gasteiger partial charge is 0.465 e. The lowest BCUT2D eigenvalue weighted by Gasteiger charge is -2.34. The van der Waals surface area contributed by atoms with Crippen LogP contribution in [0, 0.1) is 5.92 Å². The summed E-state index contributed by atoms with van der Waals surface area (Å²) in [6.07, 6.45) is 3.75. The summed E-state index contributed by atoms with van der Waals surface area (Å²) in [6.45, 7) is 3.72. The van der Waals surface area contributed by atoms with Crippen molar-refractivity contribution in [3.05, 3.63) is 22.6 Å². The summed E-state index contributed by atoms with van der Waals surface area (Å²) < 4.78 is 6.20. The van der Waals surface area contributed by atoms with Gasteiger partial charge >= 0.3 is 0 Å². The van der Waals surface area contributed by atoms with Crippen molar-refractivity contribution in [2.45, 2.75) is 25.4 Å². The second-order valence-electron chi connectivity index (χ2n) is 4.29. The van der Waals surface area contributed by atoms with E-state index < -0.39 is 5.60 Å². The number of rotatable bonds is 2. The summed E-state index contributed by atoms with van der Waals surface area (Å²) in [4.78, 5) is 0. The Hall–Kier alpha value is -0.320. The van der Waals surface area contributed by atoms with E-state index in [9.17, 15) is 5.11 Å². The third-order valence-electron chi connectivity index (χ3n) is 3.17. The Morgan fingerprint density at radius 2 is 2.47 bits per heavy atom. The lowest BCUT2D eigenvalue weighted by atomic mass is 9.82. The Kier molecular flexibility index (Phi) is 3.19. The molecule has 1 saturated heterocycles. The van der Waals surface area contributed by atoms with Gasteiger partial charge in [-0.1, -0.05) is 0 Å². The number of nitrogens with one attached hydrogen (secondary N) is 1. The minimum Gasteiger partial charge on any atom is -0.465 e. The number of aliphatic hydroxyl groups is 1. The zero-order valence-corrected chi connectivity index (χ0v) is 10.4. The number of furan rings is 1. The van der Waals surface area contributed by atoms with Crippen molar-refractivity contribution in [3.63, 3.8) is 0 Å². The maximum Gasteiger partial charge on any atom is 0.149 e. The average Bonchev–Trinajstić information content (AvgIpc) is 2.66. The van der Waals surface area contributed by atoms with Gasteiger partial charge in [0.1, 0.15) is 11.4 Å². The van der Waals surface area contributed by atoms with Crippen molar-refractivity contribution in [2.75, 3.05) is 13.1 Å². The molecule has 1 aliphatic heterocycles. The Morgan fingerprint density at radius 1 is 1.67 bits per heavy atom. The van der Waals surface area contributed by atoms with Crippen molar-refractivity contribution in [3.8, 4) is 0 Å². The highest BCUT2D eigenvalue weighted by Crippen LogP contribution is 2.37. The van der Waals surface area contributed by atoms with Gasteiger partial charge in [0.25, 0.3) is 0 Å². The SMILES string of the molecule is CC(O)(c1occc1Br)C1CCCNC1. The van der Waals surface area contributed by atoms with Crippen molar-refractivity contribution >= 4 is 15.9 Å². The summed E-state index contributed by atoms with van der Waals surface area (Å²) >= 11 is 3.39. The molecule has 2 rings (SSSR count). The van der Waals surface area contributed by atoms with Gasteiger partial charge in [-0.2, -0.15) is 0 Å². The molecule has 1 aromatic heterocycles. The minimum atomic E-state index is -0.893. The summed E-state index contributed by atoms with van der Waals surface area (Å²) in [7, 11) is 0. The first-order valence-corrected chi connectivity index (χ1v) is 6.08. The van der Waals surface area contributed by atoms with Gasteiger partial charge in [0.15, 0.2) is 0 Å². The fourth-order valence-corrected chi connectivity index (χ4v) is 2.77. The van der Waals surface area contributed by atoms with Crippen molar-refractivity contribution in [1.29, 1.82) is 0 Å². The molecular formula is C11H16BrNO2. The van der Waals surface area contributed by atoms with E-state index in [1.165, 1.54) is 0 Å². The van der Waals surface area contributed by atoms with E-state index in [0.29, 0.717) is 5.76 Å². The average molecular weight is 274 g/mol. The number of halogens is 1. The van der Waals surface area contributed by atoms with Crippen LogP contribution in [0.5, 0.6) is 0 Å². The standard InChI is InChI=1S/C11H16BrNO2/c1-11(14,8-3-2-5-13-7-8)10-9(12)4-6-15-10/h4,6,8,13-14H,2-3,5,7H2,1H3. The van der Waals surface area contributed by atoms with Crippen molar-refractivity contribution < 1.29 is 9.52 Å². The third kappa shape index (κ3) is 2.12. The molecule has 1 fully saturated rings. The number of hydrogen-bond acceptors (Lipinski definition) is 3. The second kappa shape index (κ2) is 4.28. The normalized spacial score (nSPS) is 26.2. The van der Waals surface area contributed by atoms with E-state index in [1.54, 1.807) is 6.26 Å². The van der Waals surface area contributed by atoms with Crippen LogP contribution in [0.3, 0.4) is 0 Å². The Balaban J connectivity index is 2.21. The highest BCUT2D eigenvalue weighted by molar-refractivity contribution is 9.10. The predicted molar refractivity (Wildman–Crippen MR) is 61.6 cm³/mol. The summed E-state index contributed by atoms with van der Waals surface area (Å²) in [5, 5.41) is 13.8. The number of hydrogen-bond donors (Lipinski definition) is 2. The van der Waals surface area contributed by atoms with Crippen molar-refractivity contribution in [1.82, 2.24) is 5.32 Å². The molecule has 0 amide bonds. The lowest BCUT2D eigenvalue weighted by Crippen LogP contribution is -2.42. The zero-order valence-electron chi connectivity index (χ0n) is 8.79. The van der Waals surface area contributed by atoms with Crippen LogP contribution in [0.25, 0.3) is 0 Å². The van der Waals surface area contributed by atoms with E-state index in [0.717, 1.165) is 30.4 Å². The van der Waals surface area contributed by atoms with E-state index in [1.807, 2.05) is 13.0 Å². The van der Waals surface area contributed by atoms with E-state index in [4.69, 9.17) is 4.42 Å². The molecule has 1 aliphatic rings. The summed E-state index contributed by atoms with van der Waals surface area (Å²) in [6, 6.07) is 1.82. The second-order valence-corrected chi connectivity index (χ2v) is 5.14. The molecule has 0 aliphatic carbocycles. The highest BCUT2D eigenvalue weighted by Gasteiger charge is 2.38. The topological polar surface area (TPSA) is 45.4 Å². The van der Waals surface area contributed by atoms with Gasteiger partial charge < -0.3 is 14.8 Å². The Morgan fingerprint density at radius 3 is 3.00 bits per heavy atom. The Bertz CT molecular complexity index is 329. The molecule has 0 saturated carbocycles. The van der Waals surface area contributed by atoms with Crippen molar-refractivity contribution in [2.24, 2.45) is 5.92 Å². The van der Waals surface area contributed by atoms with E-state index >= 15 is 0 Å². The fraction of sp³-hybridized carbons (Fsp3) is 0.636. The van der Waals surface area contributed by atoms with Crippen LogP contribution in [0.2, 0.25) is 0 Å². The molecule has 3 nitrogen and oxygen atoms in total. The maximum atomic E-state index is 10.5. The van der Waals surface area contributed by atoms with Gasteiger partial charge in [0, 0.05) is 12.5 Å². The van der Waals surface area contributed by atoms with Gasteiger partial charge in [-0.25, -0.2) is 0 Å². The monoisotopic (exact) mass is 273 g/mol. The molecule has 0 bridgehead atoms. The first kappa shape index (κ1) is 11.2. The molecule has 1 aromatic rings. The van der Waals surface area contributed by atoms with E-state index in [-0.39, 0.29) is 5.92 Å². The van der Waals surface area contributed by atoms with Crippen LogP contribution in [0.15, 0.2) is 21.2 Å². The van der Waals surface area contributed by atoms with Crippen LogP contribution in [0.4, 0.5) is 0 Å². The quantitative estimate of drug-likeness (QED) is 0.869. The van der Waals surface area contributed by atoms with Crippen LogP contribution in [0.1, 0.15) is 25.5 Å². The van der Waals surface area contributed by atoms with Gasteiger partial charge in [-0.05, 0) is 48.3 Å². The van der Waals surface area contributed by atoms with Crippen LogP contribution in [-0.2, 0) is 5.60 Å². The first-order chi connectivity index (χ1) is 7.12. The molecule has 4 heteroatoms. The lowest BCUT2D eigenvalue weighted by molar-refractivity contribution is -0.0342. The van der Waals surface area contributed by atoms with Gasteiger partial charge in [0.05, 0.1) is 10.7 Å². The van der Waals surface area contributed by atoms with Gasteiger partial charge in [-0.3, -0.25) is 0 Å². The minimum absolute atomic E-state index is 0.216. The molecule has 2 atom stereocenters. The Labute approximate surface area is 98.0 Å². The van der Waals surface area contributed by atoms with Gasteiger partial charge in [0.2, 0.25) is 0 Å². The first-order valence-electron chi connectivity index (χ1n) is 5.29. The smallest absolute Gasteiger partial charge is 0.149 e.